The van der Waals surface area contributed by atoms with Crippen LogP contribution < -0.4 is 9.74 Å². The molecule has 1 aliphatic heterocycles. The van der Waals surface area contributed by atoms with Gasteiger partial charge in [0.25, 0.3) is 5.91 Å². The second-order valence-corrected chi connectivity index (χ2v) is 6.10. The van der Waals surface area contributed by atoms with Crippen molar-refractivity contribution in [2.45, 2.75) is 31.8 Å². The first-order valence-electron chi connectivity index (χ1n) is 5.95. The summed E-state index contributed by atoms with van der Waals surface area (Å²) in [6.07, 6.45) is 2.08. The molecule has 0 spiro atoms. The number of hydrogen-bond donors (Lipinski definition) is 1. The van der Waals surface area contributed by atoms with Crippen molar-refractivity contribution in [2.24, 2.45) is 5.92 Å². The fourth-order valence-corrected chi connectivity index (χ4v) is 3.04. The number of halogens is 2. The Labute approximate surface area is 119 Å². The number of carbonyl (C=O) groups is 1. The predicted octanol–water partition coefficient (Wildman–Crippen LogP) is 2.39. The van der Waals surface area contributed by atoms with Gasteiger partial charge in [0.1, 0.15) is 4.60 Å². The molecule has 1 saturated carbocycles. The molecule has 1 saturated heterocycles. The van der Waals surface area contributed by atoms with Gasteiger partial charge in [-0.1, -0.05) is 6.07 Å². The van der Waals surface area contributed by atoms with Gasteiger partial charge in [-0.05, 0) is 53.2 Å². The second-order valence-electron chi connectivity index (χ2n) is 4.95. The maximum Gasteiger partial charge on any atom is 0.260 e. The highest BCUT2D eigenvalue weighted by Crippen LogP contribution is 2.41. The van der Waals surface area contributed by atoms with Crippen LogP contribution in [0.15, 0.2) is 16.7 Å². The number of hydrogen-bond acceptors (Lipinski definition) is 3. The fraction of sp³-hybridized carbons (Fsp3) is 0.500. The van der Waals surface area contributed by atoms with Crippen molar-refractivity contribution in [3.05, 3.63) is 22.3 Å². The number of nitrogens with zero attached hydrogens (tertiary/aromatic N) is 2. The highest BCUT2D eigenvalue weighted by atomic mass is 79.9. The Morgan fingerprint density at radius 2 is 2.33 bits per heavy atom. The Kier molecular flexibility index (Phi) is 3.08. The van der Waals surface area contributed by atoms with Crippen LogP contribution in [0.3, 0.4) is 0 Å². The normalized spacial score (nSPS) is 28.9. The summed E-state index contributed by atoms with van der Waals surface area (Å²) >= 11 is 9.43. The molecule has 2 heterocycles. The molecule has 0 unspecified atom stereocenters. The molecule has 1 amide bonds. The molecule has 2 fully saturated rings. The standard InChI is InChI=1S/C12H13BrClN3O/c1-6-2-3-10(13)16-11(6)17(14)12(18)9-5-7-4-8(7)15-9/h2-3,7-9,15H,4-5H2,1H3/t7-,8-,9+/m1/s1. The smallest absolute Gasteiger partial charge is 0.260 e. The van der Waals surface area contributed by atoms with Gasteiger partial charge in [0.2, 0.25) is 0 Å². The third-order valence-corrected chi connectivity index (χ3v) is 4.36. The van der Waals surface area contributed by atoms with Crippen molar-refractivity contribution in [3.8, 4) is 0 Å². The van der Waals surface area contributed by atoms with Crippen molar-refractivity contribution in [1.29, 1.82) is 0 Å². The highest BCUT2D eigenvalue weighted by Gasteiger charge is 2.48. The topological polar surface area (TPSA) is 45.2 Å². The molecule has 0 radical (unpaired) electrons. The molecule has 96 valence electrons. The average molecular weight is 331 g/mol. The summed E-state index contributed by atoms with van der Waals surface area (Å²) in [5, 5.41) is 3.30. The quantitative estimate of drug-likeness (QED) is 0.669. The van der Waals surface area contributed by atoms with E-state index in [0.717, 1.165) is 16.4 Å². The molecular weight excluding hydrogens is 318 g/mol. The Bertz CT molecular complexity index is 500. The molecule has 18 heavy (non-hydrogen) atoms. The number of fused-ring (bicyclic) bond motifs is 1. The SMILES string of the molecule is Cc1ccc(Br)nc1N(Cl)C(=O)[C@@H]1C[C@H]2C[C@H]2N1. The Morgan fingerprint density at radius 1 is 1.56 bits per heavy atom. The third-order valence-electron chi connectivity index (χ3n) is 3.59. The highest BCUT2D eigenvalue weighted by molar-refractivity contribution is 9.10. The van der Waals surface area contributed by atoms with E-state index in [2.05, 4.69) is 26.2 Å². The van der Waals surface area contributed by atoms with Crippen LogP contribution in [-0.2, 0) is 4.79 Å². The van der Waals surface area contributed by atoms with Gasteiger partial charge < -0.3 is 5.32 Å². The molecule has 1 aromatic heterocycles. The number of carbonyl (C=O) groups excluding carboxylic acids is 1. The summed E-state index contributed by atoms with van der Waals surface area (Å²) in [5.41, 5.74) is 0.879. The lowest BCUT2D eigenvalue weighted by Gasteiger charge is -2.20. The van der Waals surface area contributed by atoms with Crippen molar-refractivity contribution >= 4 is 39.4 Å². The van der Waals surface area contributed by atoms with Crippen LogP contribution in [-0.4, -0.2) is 23.0 Å². The Morgan fingerprint density at radius 3 is 3.00 bits per heavy atom. The van der Waals surface area contributed by atoms with Crippen LogP contribution in [0.2, 0.25) is 0 Å². The summed E-state index contributed by atoms with van der Waals surface area (Å²) in [6.45, 7) is 1.89. The van der Waals surface area contributed by atoms with Crippen molar-refractivity contribution in [2.75, 3.05) is 4.42 Å². The van der Waals surface area contributed by atoms with Crippen LogP contribution in [0.1, 0.15) is 18.4 Å². The summed E-state index contributed by atoms with van der Waals surface area (Å²) in [7, 11) is 0. The van der Waals surface area contributed by atoms with Gasteiger partial charge in [-0.15, -0.1) is 0 Å². The number of piperidine rings is 1. The molecule has 0 bridgehead atoms. The number of anilines is 1. The van der Waals surface area contributed by atoms with Gasteiger partial charge >= 0.3 is 0 Å². The zero-order chi connectivity index (χ0) is 12.9. The second kappa shape index (κ2) is 4.47. The van der Waals surface area contributed by atoms with Crippen molar-refractivity contribution in [1.82, 2.24) is 10.3 Å². The molecule has 1 aromatic rings. The lowest BCUT2D eigenvalue weighted by Crippen LogP contribution is -2.41. The molecule has 1 aliphatic carbocycles. The van der Waals surface area contributed by atoms with Gasteiger partial charge in [-0.3, -0.25) is 4.79 Å². The van der Waals surface area contributed by atoms with Crippen LogP contribution in [0.4, 0.5) is 5.82 Å². The molecule has 1 N–H and O–H groups in total. The van der Waals surface area contributed by atoms with E-state index < -0.39 is 0 Å². The van der Waals surface area contributed by atoms with E-state index in [0.29, 0.717) is 22.4 Å². The van der Waals surface area contributed by atoms with E-state index in [4.69, 9.17) is 11.8 Å². The fourth-order valence-electron chi connectivity index (χ4n) is 2.45. The average Bonchev–Trinajstić information content (AvgIpc) is 2.97. The maximum absolute atomic E-state index is 12.3. The Hall–Kier alpha value is -0.650. The number of aromatic nitrogens is 1. The van der Waals surface area contributed by atoms with Crippen LogP contribution in [0, 0.1) is 12.8 Å². The van der Waals surface area contributed by atoms with Gasteiger partial charge in [0.15, 0.2) is 5.82 Å². The Balaban J connectivity index is 1.78. The first-order valence-corrected chi connectivity index (χ1v) is 7.08. The molecular formula is C12H13BrClN3O. The van der Waals surface area contributed by atoms with Gasteiger partial charge in [-0.2, -0.15) is 0 Å². The predicted molar refractivity (Wildman–Crippen MR) is 73.4 cm³/mol. The number of nitrogens with one attached hydrogen (secondary N) is 1. The molecule has 3 rings (SSSR count). The lowest BCUT2D eigenvalue weighted by atomic mass is 10.1. The van der Waals surface area contributed by atoms with E-state index in [1.807, 2.05) is 19.1 Å². The molecule has 3 atom stereocenters. The first kappa shape index (κ1) is 12.4. The molecule has 0 aromatic carbocycles. The number of pyridine rings is 1. The van der Waals surface area contributed by atoms with E-state index in [-0.39, 0.29) is 11.9 Å². The van der Waals surface area contributed by atoms with E-state index in [1.165, 1.54) is 6.42 Å². The summed E-state index contributed by atoms with van der Waals surface area (Å²) in [4.78, 5) is 16.5. The minimum atomic E-state index is -0.161. The van der Waals surface area contributed by atoms with Crippen LogP contribution in [0.5, 0.6) is 0 Å². The minimum absolute atomic E-state index is 0.113. The first-order chi connectivity index (χ1) is 8.56. The number of aryl methyl sites for hydroxylation is 1. The summed E-state index contributed by atoms with van der Waals surface area (Å²) < 4.78 is 1.81. The van der Waals surface area contributed by atoms with Gasteiger partial charge in [0.05, 0.1) is 6.04 Å². The summed E-state index contributed by atoms with van der Waals surface area (Å²) in [5.74, 6) is 1.05. The minimum Gasteiger partial charge on any atom is -0.303 e. The molecule has 6 heteroatoms. The van der Waals surface area contributed by atoms with E-state index in [9.17, 15) is 4.79 Å². The zero-order valence-corrected chi connectivity index (χ0v) is 12.2. The maximum atomic E-state index is 12.3. The van der Waals surface area contributed by atoms with Crippen molar-refractivity contribution in [3.63, 3.8) is 0 Å². The van der Waals surface area contributed by atoms with Gasteiger partial charge in [-0.25, -0.2) is 9.40 Å². The van der Waals surface area contributed by atoms with E-state index in [1.54, 1.807) is 0 Å². The van der Waals surface area contributed by atoms with Crippen molar-refractivity contribution < 1.29 is 4.79 Å². The largest absolute Gasteiger partial charge is 0.303 e. The van der Waals surface area contributed by atoms with E-state index >= 15 is 0 Å². The van der Waals surface area contributed by atoms with Crippen LogP contribution in [0.25, 0.3) is 0 Å². The lowest BCUT2D eigenvalue weighted by molar-refractivity contribution is -0.119. The number of amides is 1. The van der Waals surface area contributed by atoms with Gasteiger partial charge in [0, 0.05) is 17.8 Å². The molecule has 2 aliphatic rings. The monoisotopic (exact) mass is 329 g/mol. The zero-order valence-electron chi connectivity index (χ0n) is 9.86. The summed E-state index contributed by atoms with van der Waals surface area (Å²) in [6, 6.07) is 4.08. The third kappa shape index (κ3) is 2.15. The number of rotatable bonds is 2. The molecule has 4 nitrogen and oxygen atoms in total. The van der Waals surface area contributed by atoms with Crippen LogP contribution >= 0.6 is 27.7 Å².